The average Bonchev–Trinajstić information content (AvgIpc) is 1.89. The van der Waals surface area contributed by atoms with Crippen LogP contribution in [0.1, 0.15) is 20.3 Å². The molecule has 0 aliphatic rings. The predicted octanol–water partition coefficient (Wildman–Crippen LogP) is 0.212. The van der Waals surface area contributed by atoms with Gasteiger partial charge in [-0.15, -0.1) is 0 Å². The van der Waals surface area contributed by atoms with Gasteiger partial charge < -0.3 is 10.2 Å². The normalized spacial score (nSPS) is 6.83. The Hall–Kier alpha value is -0.554. The van der Waals surface area contributed by atoms with Gasteiger partial charge in [0.15, 0.2) is 0 Å². The first-order chi connectivity index (χ1) is 4.91. The van der Waals surface area contributed by atoms with Crippen molar-refractivity contribution >= 4 is 35.0 Å². The van der Waals surface area contributed by atoms with Crippen molar-refractivity contribution in [1.82, 2.24) is 0 Å². The van der Waals surface area contributed by atoms with Gasteiger partial charge in [-0.1, -0.05) is 13.5 Å². The predicted molar refractivity (Wildman–Crippen MR) is 48.9 cm³/mol. The molecule has 0 aliphatic heterocycles. The Bertz CT molecular complexity index is 153. The van der Waals surface area contributed by atoms with Crippen molar-refractivity contribution in [3.8, 4) is 0 Å². The molecule has 4 nitrogen and oxygen atoms in total. The lowest BCUT2D eigenvalue weighted by atomic mass is 10.4. The summed E-state index contributed by atoms with van der Waals surface area (Å²) in [6, 6.07) is 0. The zero-order valence-electron chi connectivity index (χ0n) is 6.63. The summed E-state index contributed by atoms with van der Waals surface area (Å²) in [7, 11) is 0. The fourth-order valence-corrected chi connectivity index (χ4v) is 0. The quantitative estimate of drug-likeness (QED) is 0.478. The van der Waals surface area contributed by atoms with E-state index in [-0.39, 0.29) is 35.0 Å². The van der Waals surface area contributed by atoms with Crippen LogP contribution in [0.15, 0.2) is 12.2 Å². The third-order valence-electron chi connectivity index (χ3n) is 0.668. The van der Waals surface area contributed by atoms with Crippen LogP contribution in [0.2, 0.25) is 0 Å². The molecule has 0 unspecified atom stereocenters. The Morgan fingerprint density at radius 1 is 1.33 bits per heavy atom. The molecule has 0 saturated carbocycles. The molecule has 0 aromatic carbocycles. The number of aliphatic carboxylic acids is 2. The zero-order chi connectivity index (χ0) is 9.44. The molecule has 0 spiro atoms. The van der Waals surface area contributed by atoms with E-state index < -0.39 is 11.9 Å². The highest BCUT2D eigenvalue weighted by Gasteiger charge is 1.90. The van der Waals surface area contributed by atoms with Crippen LogP contribution in [0.3, 0.4) is 0 Å². The summed E-state index contributed by atoms with van der Waals surface area (Å²) >= 11 is 0. The van der Waals surface area contributed by atoms with Gasteiger partial charge >= 0.3 is 35.0 Å². The molecular formula is C7H14MgO4. The second-order valence-electron chi connectivity index (χ2n) is 1.83. The van der Waals surface area contributed by atoms with E-state index in [1.807, 2.05) is 0 Å². The van der Waals surface area contributed by atoms with Crippen molar-refractivity contribution in [2.45, 2.75) is 20.3 Å². The van der Waals surface area contributed by atoms with E-state index in [1.54, 1.807) is 6.92 Å². The number of carboxylic acids is 2. The molecule has 0 saturated heterocycles. The van der Waals surface area contributed by atoms with E-state index in [0.717, 1.165) is 0 Å². The minimum absolute atomic E-state index is 0. The summed E-state index contributed by atoms with van der Waals surface area (Å²) in [6.45, 7) is 6.20. The molecule has 5 heteroatoms. The number of rotatable bonds is 2. The molecule has 0 aliphatic carbocycles. The van der Waals surface area contributed by atoms with Gasteiger partial charge in [0, 0.05) is 12.0 Å². The van der Waals surface area contributed by atoms with Gasteiger partial charge in [0.25, 0.3) is 0 Å². The first-order valence-corrected chi connectivity index (χ1v) is 3.02. The molecular weight excluding hydrogens is 172 g/mol. The topological polar surface area (TPSA) is 74.6 Å². The number of hydrogen-bond donors (Lipinski definition) is 2. The van der Waals surface area contributed by atoms with E-state index in [4.69, 9.17) is 10.2 Å². The maximum atomic E-state index is 9.60. The third-order valence-corrected chi connectivity index (χ3v) is 0.668. The molecule has 0 bridgehead atoms. The lowest BCUT2D eigenvalue weighted by Gasteiger charge is -1.79. The van der Waals surface area contributed by atoms with E-state index in [0.29, 0.717) is 0 Å². The van der Waals surface area contributed by atoms with Gasteiger partial charge in [0.1, 0.15) is 0 Å². The summed E-state index contributed by atoms with van der Waals surface area (Å²) in [4.78, 5) is 19.0. The molecule has 2 N–H and O–H groups in total. The van der Waals surface area contributed by atoms with Crippen LogP contribution >= 0.6 is 0 Å². The van der Waals surface area contributed by atoms with Crippen molar-refractivity contribution in [2.75, 3.05) is 0 Å². The van der Waals surface area contributed by atoms with Crippen LogP contribution in [-0.2, 0) is 9.59 Å². The van der Waals surface area contributed by atoms with Crippen molar-refractivity contribution in [3.63, 3.8) is 0 Å². The lowest BCUT2D eigenvalue weighted by Crippen LogP contribution is -1.92. The fraction of sp³-hybridized carbons (Fsp3) is 0.429. The summed E-state index contributed by atoms with van der Waals surface area (Å²) in [5.41, 5.74) is 0.176. The highest BCUT2D eigenvalue weighted by molar-refractivity contribution is 5.84. The lowest BCUT2D eigenvalue weighted by molar-refractivity contribution is -0.136. The molecule has 0 aromatic heterocycles. The van der Waals surface area contributed by atoms with Crippen LogP contribution in [0.25, 0.3) is 0 Å². The van der Waals surface area contributed by atoms with Gasteiger partial charge in [0.2, 0.25) is 0 Å². The van der Waals surface area contributed by atoms with Gasteiger partial charge in [-0.05, 0) is 6.92 Å². The van der Waals surface area contributed by atoms with Gasteiger partial charge in [0.05, 0.1) is 0 Å². The van der Waals surface area contributed by atoms with Crippen LogP contribution in [0.4, 0.5) is 0 Å². The van der Waals surface area contributed by atoms with E-state index in [2.05, 4.69) is 6.58 Å². The van der Waals surface area contributed by atoms with Crippen molar-refractivity contribution < 1.29 is 19.8 Å². The second-order valence-corrected chi connectivity index (χ2v) is 1.83. The smallest absolute Gasteiger partial charge is 0.330 e. The molecule has 0 amide bonds. The van der Waals surface area contributed by atoms with Crippen molar-refractivity contribution in [1.29, 1.82) is 0 Å². The maximum absolute atomic E-state index is 9.60. The SMILES string of the molecule is C=C(C)C(=O)O.CCC(=O)O.[MgH2]. The molecule has 0 heterocycles. The van der Waals surface area contributed by atoms with E-state index >= 15 is 0 Å². The van der Waals surface area contributed by atoms with Gasteiger partial charge in [-0.3, -0.25) is 4.79 Å². The molecule has 0 atom stereocenters. The Morgan fingerprint density at radius 2 is 1.50 bits per heavy atom. The standard InChI is InChI=1S/C4H6O2.C3H6O2.Mg.2H/c1-3(2)4(5)6;1-2-3(4)5;;;/h1H2,2H3,(H,5,6);2H2,1H3,(H,4,5);;;. The summed E-state index contributed by atoms with van der Waals surface area (Å²) in [5.74, 6) is -1.68. The van der Waals surface area contributed by atoms with Gasteiger partial charge in [-0.2, -0.15) is 0 Å². The second kappa shape index (κ2) is 10.4. The maximum Gasteiger partial charge on any atom is 0.330 e. The fourth-order valence-electron chi connectivity index (χ4n) is 0. The van der Waals surface area contributed by atoms with Crippen LogP contribution in [0, 0.1) is 0 Å². The van der Waals surface area contributed by atoms with Crippen molar-refractivity contribution in [3.05, 3.63) is 12.2 Å². The van der Waals surface area contributed by atoms with E-state index in [1.165, 1.54) is 6.92 Å². The van der Waals surface area contributed by atoms with Crippen LogP contribution in [-0.4, -0.2) is 45.2 Å². The zero-order valence-corrected chi connectivity index (χ0v) is 6.63. The Labute approximate surface area is 87.4 Å². The molecule has 0 fully saturated rings. The highest BCUT2D eigenvalue weighted by Crippen LogP contribution is 1.81. The Kier molecular flexibility index (Phi) is 15.2. The van der Waals surface area contributed by atoms with Crippen molar-refractivity contribution in [2.24, 2.45) is 0 Å². The minimum Gasteiger partial charge on any atom is -0.481 e. The number of hydrogen-bond acceptors (Lipinski definition) is 2. The third kappa shape index (κ3) is 22.7. The number of carbonyl (C=O) groups is 2. The Morgan fingerprint density at radius 3 is 1.50 bits per heavy atom. The first kappa shape index (κ1) is 17.5. The van der Waals surface area contributed by atoms with Gasteiger partial charge in [-0.25, -0.2) is 4.79 Å². The van der Waals surface area contributed by atoms with Crippen LogP contribution in [0.5, 0.6) is 0 Å². The summed E-state index contributed by atoms with van der Waals surface area (Å²) < 4.78 is 0. The summed E-state index contributed by atoms with van der Waals surface area (Å²) in [6.07, 6.45) is 0.222. The molecule has 68 valence electrons. The number of carboxylic acid groups (broad SMARTS) is 2. The minimum atomic E-state index is -0.935. The molecule has 0 aromatic rings. The molecule has 12 heavy (non-hydrogen) atoms. The molecule has 0 radical (unpaired) electrons. The monoisotopic (exact) mass is 186 g/mol. The Balaban J connectivity index is -0.000000126. The van der Waals surface area contributed by atoms with E-state index in [9.17, 15) is 9.59 Å². The largest absolute Gasteiger partial charge is 0.481 e. The summed E-state index contributed by atoms with van der Waals surface area (Å²) in [5, 5.41) is 15.6. The van der Waals surface area contributed by atoms with Crippen LogP contribution < -0.4 is 0 Å². The average molecular weight is 186 g/mol. The highest BCUT2D eigenvalue weighted by atomic mass is 24.3. The molecule has 0 rings (SSSR count). The first-order valence-electron chi connectivity index (χ1n) is 3.02.